The number of rotatable bonds is 8. The fourth-order valence-corrected chi connectivity index (χ4v) is 1.65. The van der Waals surface area contributed by atoms with Gasteiger partial charge in [0.15, 0.2) is 0 Å². The van der Waals surface area contributed by atoms with E-state index in [-0.39, 0.29) is 12.3 Å². The van der Waals surface area contributed by atoms with Crippen molar-refractivity contribution in [2.24, 2.45) is 0 Å². The maximum atomic E-state index is 11.6. The molecule has 0 aliphatic heterocycles. The van der Waals surface area contributed by atoms with Crippen LogP contribution in [0.4, 0.5) is 0 Å². The molecule has 0 aromatic heterocycles. The minimum absolute atomic E-state index is 0.00411. The number of ether oxygens (including phenoxy) is 1. The van der Waals surface area contributed by atoms with E-state index < -0.39 is 0 Å². The number of carbonyl (C=O) groups is 1. The van der Waals surface area contributed by atoms with Gasteiger partial charge in [-0.25, -0.2) is 0 Å². The van der Waals surface area contributed by atoms with E-state index in [9.17, 15) is 4.79 Å². The first-order chi connectivity index (χ1) is 9.09. The van der Waals surface area contributed by atoms with Gasteiger partial charge in [0, 0.05) is 25.9 Å². The second-order valence-corrected chi connectivity index (χ2v) is 4.66. The van der Waals surface area contributed by atoms with Gasteiger partial charge in [-0.15, -0.1) is 0 Å². The molecule has 0 saturated carbocycles. The van der Waals surface area contributed by atoms with Crippen LogP contribution >= 0.6 is 0 Å². The average Bonchev–Trinajstić information content (AvgIpc) is 2.38. The van der Waals surface area contributed by atoms with Crippen molar-refractivity contribution in [3.63, 3.8) is 0 Å². The predicted octanol–water partition coefficient (Wildman–Crippen LogP) is 2.48. The maximum Gasteiger partial charge on any atom is 0.227 e. The number of hydrogen-bond acceptors (Lipinski definition) is 3. The molecule has 0 spiro atoms. The normalized spacial score (nSPS) is 10.2. The molecule has 1 aromatic carbocycles. The molecule has 0 saturated heterocycles. The molecule has 19 heavy (non-hydrogen) atoms. The molecule has 1 amide bonds. The largest absolute Gasteiger partial charge is 0.377 e. The third-order valence-corrected chi connectivity index (χ3v) is 2.74. The third kappa shape index (κ3) is 6.72. The second kappa shape index (κ2) is 8.43. The highest BCUT2D eigenvalue weighted by Crippen LogP contribution is 2.01. The quantitative estimate of drug-likeness (QED) is 0.578. The van der Waals surface area contributed by atoms with Crippen LogP contribution in [0.2, 0.25) is 0 Å². The van der Waals surface area contributed by atoms with E-state index in [1.165, 1.54) is 0 Å². The monoisotopic (exact) mass is 262 g/mol. The lowest BCUT2D eigenvalue weighted by molar-refractivity contribution is -0.128. The fraction of sp³-hybridized carbons (Fsp3) is 0.467. The average molecular weight is 262 g/mol. The van der Waals surface area contributed by atoms with Gasteiger partial charge in [-0.05, 0) is 18.9 Å². The molecule has 4 heteroatoms. The SMILES string of the molecule is CC(=N)CC(=O)N(C)CCCOCc1ccccc1. The molecular formula is C15H22N2O2. The molecule has 0 unspecified atom stereocenters. The lowest BCUT2D eigenvalue weighted by Gasteiger charge is -2.16. The van der Waals surface area contributed by atoms with E-state index in [0.717, 1.165) is 12.0 Å². The zero-order chi connectivity index (χ0) is 14.1. The standard InChI is InChI=1S/C15H22N2O2/c1-13(16)11-15(18)17(2)9-6-10-19-12-14-7-4-3-5-8-14/h3-5,7-8,16H,6,9-12H2,1-2H3. The Kier molecular flexibility index (Phi) is 6.82. The highest BCUT2D eigenvalue weighted by molar-refractivity contribution is 5.98. The topological polar surface area (TPSA) is 53.4 Å². The Labute approximate surface area is 114 Å². The van der Waals surface area contributed by atoms with Gasteiger partial charge in [-0.1, -0.05) is 30.3 Å². The van der Waals surface area contributed by atoms with Crippen molar-refractivity contribution in [2.45, 2.75) is 26.4 Å². The summed E-state index contributed by atoms with van der Waals surface area (Å²) >= 11 is 0. The first-order valence-electron chi connectivity index (χ1n) is 6.49. The Morgan fingerprint density at radius 1 is 1.32 bits per heavy atom. The molecule has 0 aliphatic carbocycles. The van der Waals surface area contributed by atoms with Gasteiger partial charge in [-0.3, -0.25) is 4.79 Å². The number of benzene rings is 1. The summed E-state index contributed by atoms with van der Waals surface area (Å²) in [5, 5.41) is 7.28. The first kappa shape index (κ1) is 15.4. The number of nitrogens with one attached hydrogen (secondary N) is 1. The highest BCUT2D eigenvalue weighted by Gasteiger charge is 2.08. The van der Waals surface area contributed by atoms with Crippen LogP contribution in [0, 0.1) is 5.41 Å². The molecule has 1 aromatic rings. The van der Waals surface area contributed by atoms with E-state index in [0.29, 0.717) is 25.5 Å². The lowest BCUT2D eigenvalue weighted by atomic mass is 10.2. The summed E-state index contributed by atoms with van der Waals surface area (Å²) in [5.74, 6) is -0.00411. The van der Waals surface area contributed by atoms with Gasteiger partial charge in [-0.2, -0.15) is 0 Å². The van der Waals surface area contributed by atoms with Gasteiger partial charge >= 0.3 is 0 Å². The molecule has 0 radical (unpaired) electrons. The Balaban J connectivity index is 2.10. The highest BCUT2D eigenvalue weighted by atomic mass is 16.5. The zero-order valence-electron chi connectivity index (χ0n) is 11.7. The van der Waals surface area contributed by atoms with E-state index in [2.05, 4.69) is 0 Å². The maximum absolute atomic E-state index is 11.6. The number of carbonyl (C=O) groups excluding carboxylic acids is 1. The third-order valence-electron chi connectivity index (χ3n) is 2.74. The number of hydrogen-bond donors (Lipinski definition) is 1. The van der Waals surface area contributed by atoms with Crippen LogP contribution in [0.1, 0.15) is 25.3 Å². The van der Waals surface area contributed by atoms with Crippen molar-refractivity contribution >= 4 is 11.6 Å². The Morgan fingerprint density at radius 2 is 2.00 bits per heavy atom. The van der Waals surface area contributed by atoms with Crippen molar-refractivity contribution in [2.75, 3.05) is 20.2 Å². The van der Waals surface area contributed by atoms with Crippen LogP contribution in [-0.2, 0) is 16.1 Å². The molecule has 0 aliphatic rings. The smallest absolute Gasteiger partial charge is 0.227 e. The van der Waals surface area contributed by atoms with Crippen LogP contribution in [-0.4, -0.2) is 36.7 Å². The van der Waals surface area contributed by atoms with Crippen molar-refractivity contribution in [3.05, 3.63) is 35.9 Å². The van der Waals surface area contributed by atoms with Crippen LogP contribution < -0.4 is 0 Å². The van der Waals surface area contributed by atoms with E-state index in [4.69, 9.17) is 10.1 Å². The molecule has 0 heterocycles. The van der Waals surface area contributed by atoms with Gasteiger partial charge in [0.2, 0.25) is 5.91 Å². The van der Waals surface area contributed by atoms with Gasteiger partial charge in [0.05, 0.1) is 13.0 Å². The zero-order valence-corrected chi connectivity index (χ0v) is 11.7. The Bertz CT molecular complexity index is 404. The minimum Gasteiger partial charge on any atom is -0.377 e. The summed E-state index contributed by atoms with van der Waals surface area (Å²) in [6.07, 6.45) is 1.02. The Morgan fingerprint density at radius 3 is 2.63 bits per heavy atom. The van der Waals surface area contributed by atoms with Gasteiger partial charge in [0.1, 0.15) is 0 Å². The summed E-state index contributed by atoms with van der Waals surface area (Å²) < 4.78 is 5.55. The van der Waals surface area contributed by atoms with E-state index in [1.54, 1.807) is 18.9 Å². The van der Waals surface area contributed by atoms with Crippen molar-refractivity contribution in [1.82, 2.24) is 4.90 Å². The predicted molar refractivity (Wildman–Crippen MR) is 76.4 cm³/mol. The van der Waals surface area contributed by atoms with Gasteiger partial charge < -0.3 is 15.0 Å². The molecular weight excluding hydrogens is 240 g/mol. The molecule has 0 bridgehead atoms. The van der Waals surface area contributed by atoms with Crippen molar-refractivity contribution < 1.29 is 9.53 Å². The van der Waals surface area contributed by atoms with Crippen molar-refractivity contribution in [1.29, 1.82) is 5.41 Å². The van der Waals surface area contributed by atoms with E-state index >= 15 is 0 Å². The van der Waals surface area contributed by atoms with Gasteiger partial charge in [0.25, 0.3) is 0 Å². The summed E-state index contributed by atoms with van der Waals surface area (Å²) in [6.45, 7) is 3.56. The lowest BCUT2D eigenvalue weighted by Crippen LogP contribution is -2.29. The number of nitrogens with zero attached hydrogens (tertiary/aromatic N) is 1. The van der Waals surface area contributed by atoms with Crippen LogP contribution in [0.15, 0.2) is 30.3 Å². The molecule has 104 valence electrons. The number of amides is 1. The molecule has 0 atom stereocenters. The Hall–Kier alpha value is -1.68. The molecule has 1 N–H and O–H groups in total. The first-order valence-corrected chi connectivity index (χ1v) is 6.49. The molecule has 4 nitrogen and oxygen atoms in total. The minimum atomic E-state index is -0.00411. The fourth-order valence-electron chi connectivity index (χ4n) is 1.65. The molecule has 0 fully saturated rings. The summed E-state index contributed by atoms with van der Waals surface area (Å²) in [4.78, 5) is 13.2. The molecule has 1 rings (SSSR count). The van der Waals surface area contributed by atoms with Crippen molar-refractivity contribution in [3.8, 4) is 0 Å². The summed E-state index contributed by atoms with van der Waals surface area (Å²) in [5.41, 5.74) is 1.56. The van der Waals surface area contributed by atoms with Crippen LogP contribution in [0.3, 0.4) is 0 Å². The summed E-state index contributed by atoms with van der Waals surface area (Å²) in [7, 11) is 1.77. The van der Waals surface area contributed by atoms with E-state index in [1.807, 2.05) is 30.3 Å². The van der Waals surface area contributed by atoms with Crippen LogP contribution in [0.25, 0.3) is 0 Å². The van der Waals surface area contributed by atoms with Crippen LogP contribution in [0.5, 0.6) is 0 Å². The summed E-state index contributed by atoms with van der Waals surface area (Å²) in [6, 6.07) is 10.0. The second-order valence-electron chi connectivity index (χ2n) is 4.66.